The number of halogens is 1. The summed E-state index contributed by atoms with van der Waals surface area (Å²) in [5, 5.41) is 0. The molecule has 1 aromatic carbocycles. The molecule has 3 rings (SSSR count). The Balaban J connectivity index is 1.57. The van der Waals surface area contributed by atoms with Crippen LogP contribution in [0.3, 0.4) is 0 Å². The van der Waals surface area contributed by atoms with Crippen LogP contribution in [0.1, 0.15) is 36.7 Å². The van der Waals surface area contributed by atoms with Gasteiger partial charge in [0.1, 0.15) is 17.7 Å². The van der Waals surface area contributed by atoms with E-state index in [1.165, 1.54) is 12.1 Å². The second-order valence-corrected chi connectivity index (χ2v) is 7.65. The summed E-state index contributed by atoms with van der Waals surface area (Å²) in [6, 6.07) is 5.92. The highest BCUT2D eigenvalue weighted by Crippen LogP contribution is 2.27. The maximum Gasteiger partial charge on any atom is 0.244 e. The van der Waals surface area contributed by atoms with Gasteiger partial charge in [-0.05, 0) is 63.9 Å². The molecule has 5 nitrogen and oxygen atoms in total. The molecule has 1 aliphatic rings. The number of hydrogen-bond donors (Lipinski definition) is 0. The first-order chi connectivity index (χ1) is 13.0. The van der Waals surface area contributed by atoms with Crippen molar-refractivity contribution in [3.8, 4) is 0 Å². The third kappa shape index (κ3) is 4.75. The molecule has 6 heteroatoms. The molecule has 1 saturated heterocycles. The Kier molecular flexibility index (Phi) is 6.26. The number of benzene rings is 1. The van der Waals surface area contributed by atoms with E-state index in [1.54, 1.807) is 6.07 Å². The Labute approximate surface area is 160 Å². The zero-order chi connectivity index (χ0) is 19.4. The molecular formula is C21H29FN4O. The van der Waals surface area contributed by atoms with Gasteiger partial charge >= 0.3 is 0 Å². The van der Waals surface area contributed by atoms with Gasteiger partial charge < -0.3 is 9.47 Å². The number of aromatic nitrogens is 2. The number of carbonyl (C=O) groups excluding carboxylic acids is 1. The van der Waals surface area contributed by atoms with Gasteiger partial charge in [0.25, 0.3) is 0 Å². The second-order valence-electron chi connectivity index (χ2n) is 7.65. The summed E-state index contributed by atoms with van der Waals surface area (Å²) < 4.78 is 15.8. The average Bonchev–Trinajstić information content (AvgIpc) is 3.05. The fourth-order valence-electron chi connectivity index (χ4n) is 3.91. The number of aryl methyl sites for hydroxylation is 2. The lowest BCUT2D eigenvalue weighted by Crippen LogP contribution is -2.44. The Morgan fingerprint density at radius 1 is 1.33 bits per heavy atom. The third-order valence-corrected chi connectivity index (χ3v) is 5.54. The maximum atomic E-state index is 13.6. The van der Waals surface area contributed by atoms with Crippen molar-refractivity contribution < 1.29 is 9.18 Å². The predicted octanol–water partition coefficient (Wildman–Crippen LogP) is 3.26. The molecule has 0 spiro atoms. The van der Waals surface area contributed by atoms with Gasteiger partial charge in [0.2, 0.25) is 5.91 Å². The van der Waals surface area contributed by atoms with Crippen LogP contribution in [0.4, 0.5) is 4.39 Å². The van der Waals surface area contributed by atoms with Crippen molar-refractivity contribution in [3.63, 3.8) is 0 Å². The largest absolute Gasteiger partial charge is 0.341 e. The minimum Gasteiger partial charge on any atom is -0.341 e. The molecule has 1 fully saturated rings. The van der Waals surface area contributed by atoms with Crippen LogP contribution < -0.4 is 0 Å². The SMILES string of the molecule is Cc1nccn1CCC1CCN(C(=O)[C@H](c2cccc(F)c2)N(C)C)CC1. The van der Waals surface area contributed by atoms with Crippen LogP contribution in [0.15, 0.2) is 36.7 Å². The van der Waals surface area contributed by atoms with Gasteiger partial charge in [-0.2, -0.15) is 0 Å². The van der Waals surface area contributed by atoms with Crippen molar-refractivity contribution in [3.05, 3.63) is 53.9 Å². The van der Waals surface area contributed by atoms with Crippen molar-refractivity contribution in [1.29, 1.82) is 0 Å². The van der Waals surface area contributed by atoms with Crippen LogP contribution in [0.2, 0.25) is 0 Å². The summed E-state index contributed by atoms with van der Waals surface area (Å²) in [6.07, 6.45) is 7.00. The van der Waals surface area contributed by atoms with Crippen molar-refractivity contribution in [2.75, 3.05) is 27.2 Å². The van der Waals surface area contributed by atoms with Gasteiger partial charge in [-0.15, -0.1) is 0 Å². The van der Waals surface area contributed by atoms with Crippen LogP contribution in [-0.4, -0.2) is 52.4 Å². The lowest BCUT2D eigenvalue weighted by atomic mass is 9.92. The first kappa shape index (κ1) is 19.5. The Morgan fingerprint density at radius 2 is 2.07 bits per heavy atom. The number of amides is 1. The quantitative estimate of drug-likeness (QED) is 0.782. The van der Waals surface area contributed by atoms with Crippen LogP contribution in [-0.2, 0) is 11.3 Å². The Bertz CT molecular complexity index is 765. The van der Waals surface area contributed by atoms with Crippen molar-refractivity contribution in [2.24, 2.45) is 5.92 Å². The van der Waals surface area contributed by atoms with E-state index >= 15 is 0 Å². The lowest BCUT2D eigenvalue weighted by molar-refractivity contribution is -0.137. The van der Waals surface area contributed by atoms with Crippen LogP contribution >= 0.6 is 0 Å². The van der Waals surface area contributed by atoms with Crippen LogP contribution in [0.5, 0.6) is 0 Å². The smallest absolute Gasteiger partial charge is 0.244 e. The minimum absolute atomic E-state index is 0.0644. The molecule has 27 heavy (non-hydrogen) atoms. The summed E-state index contributed by atoms with van der Waals surface area (Å²) in [6.45, 7) is 4.54. The molecule has 2 heterocycles. The Hall–Kier alpha value is -2.21. The number of rotatable bonds is 6. The molecule has 0 aliphatic carbocycles. The summed E-state index contributed by atoms with van der Waals surface area (Å²) in [5.41, 5.74) is 0.711. The Morgan fingerprint density at radius 3 is 2.67 bits per heavy atom. The molecule has 1 aliphatic heterocycles. The van der Waals surface area contributed by atoms with Gasteiger partial charge in [0.15, 0.2) is 0 Å². The molecule has 0 unspecified atom stereocenters. The van der Waals surface area contributed by atoms with Gasteiger partial charge in [0, 0.05) is 32.0 Å². The topological polar surface area (TPSA) is 41.4 Å². The summed E-state index contributed by atoms with van der Waals surface area (Å²) in [7, 11) is 3.74. The number of piperidine rings is 1. The number of nitrogens with zero attached hydrogens (tertiary/aromatic N) is 4. The molecule has 2 aromatic rings. The van der Waals surface area contributed by atoms with E-state index in [2.05, 4.69) is 9.55 Å². The van der Waals surface area contributed by atoms with Crippen LogP contribution in [0, 0.1) is 18.7 Å². The van der Waals surface area contributed by atoms with Gasteiger partial charge in [0.05, 0.1) is 0 Å². The van der Waals surface area contributed by atoms with Crippen molar-refractivity contribution >= 4 is 5.91 Å². The van der Waals surface area contributed by atoms with E-state index in [4.69, 9.17) is 0 Å². The number of carbonyl (C=O) groups is 1. The number of hydrogen-bond acceptors (Lipinski definition) is 3. The fraction of sp³-hybridized carbons (Fsp3) is 0.524. The van der Waals surface area contributed by atoms with Crippen molar-refractivity contribution in [1.82, 2.24) is 19.4 Å². The maximum absolute atomic E-state index is 13.6. The summed E-state index contributed by atoms with van der Waals surface area (Å²) in [5.74, 6) is 1.43. The molecule has 1 aromatic heterocycles. The third-order valence-electron chi connectivity index (χ3n) is 5.54. The summed E-state index contributed by atoms with van der Waals surface area (Å²) >= 11 is 0. The highest BCUT2D eigenvalue weighted by molar-refractivity contribution is 5.83. The van der Waals surface area contributed by atoms with Crippen LogP contribution in [0.25, 0.3) is 0 Å². The highest BCUT2D eigenvalue weighted by atomic mass is 19.1. The molecule has 0 N–H and O–H groups in total. The fourth-order valence-corrected chi connectivity index (χ4v) is 3.91. The normalized spacial score (nSPS) is 16.7. The number of likely N-dealkylation sites (N-methyl/N-ethyl adjacent to an activating group) is 1. The molecule has 0 radical (unpaired) electrons. The first-order valence-corrected chi connectivity index (χ1v) is 9.64. The molecule has 1 atom stereocenters. The first-order valence-electron chi connectivity index (χ1n) is 9.64. The molecule has 0 bridgehead atoms. The van der Waals surface area contributed by atoms with E-state index in [0.29, 0.717) is 11.5 Å². The van der Waals surface area contributed by atoms with Gasteiger partial charge in [-0.1, -0.05) is 12.1 Å². The molecular weight excluding hydrogens is 343 g/mol. The molecule has 146 valence electrons. The average molecular weight is 372 g/mol. The second kappa shape index (κ2) is 8.65. The number of likely N-dealkylation sites (tertiary alicyclic amines) is 1. The van der Waals surface area contributed by atoms with E-state index in [-0.39, 0.29) is 11.7 Å². The predicted molar refractivity (Wildman–Crippen MR) is 104 cm³/mol. The minimum atomic E-state index is -0.439. The highest BCUT2D eigenvalue weighted by Gasteiger charge is 2.30. The standard InChI is InChI=1S/C21H29FN4O/c1-16-23-10-14-25(16)11-7-17-8-12-26(13-9-17)21(27)20(24(2)3)18-5-4-6-19(22)15-18/h4-6,10,14-15,17,20H,7-9,11-13H2,1-3H3/t20-/m0/s1. The van der Waals surface area contributed by atoms with Crippen molar-refractivity contribution in [2.45, 2.75) is 38.8 Å². The summed E-state index contributed by atoms with van der Waals surface area (Å²) in [4.78, 5) is 21.2. The lowest BCUT2D eigenvalue weighted by Gasteiger charge is -2.36. The molecule has 0 saturated carbocycles. The van der Waals surface area contributed by atoms with E-state index in [0.717, 1.165) is 44.7 Å². The zero-order valence-corrected chi connectivity index (χ0v) is 16.4. The van der Waals surface area contributed by atoms with E-state index < -0.39 is 6.04 Å². The zero-order valence-electron chi connectivity index (χ0n) is 16.4. The van der Waals surface area contributed by atoms with Gasteiger partial charge in [-0.3, -0.25) is 9.69 Å². The van der Waals surface area contributed by atoms with E-state index in [9.17, 15) is 9.18 Å². The number of imidazole rings is 1. The van der Waals surface area contributed by atoms with E-state index in [1.807, 2.05) is 49.3 Å². The monoisotopic (exact) mass is 372 g/mol. The molecule has 1 amide bonds. The van der Waals surface area contributed by atoms with Gasteiger partial charge in [-0.25, -0.2) is 9.37 Å².